The van der Waals surface area contributed by atoms with Crippen molar-refractivity contribution in [2.75, 3.05) is 46.7 Å². The Morgan fingerprint density at radius 2 is 1.08 bits per heavy atom. The number of carboxylic acids is 1. The number of hydrogen-bond acceptors (Lipinski definition) is 16. The first-order valence-corrected chi connectivity index (χ1v) is 19.1. The van der Waals surface area contributed by atoms with Crippen molar-refractivity contribution in [3.05, 3.63) is 107 Å². The van der Waals surface area contributed by atoms with Crippen molar-refractivity contribution in [3.63, 3.8) is 0 Å². The largest absolute Gasteiger partial charge is 0.485 e. The Labute approximate surface area is 307 Å². The molecule has 3 N–H and O–H groups in total. The fourth-order valence-corrected chi connectivity index (χ4v) is 4.69. The third kappa shape index (κ3) is 16.5. The van der Waals surface area contributed by atoms with Crippen LogP contribution in [0.1, 0.15) is 55.8 Å². The summed E-state index contributed by atoms with van der Waals surface area (Å²) in [6.07, 6.45) is 9.77. The monoisotopic (exact) mass is 779 g/mol. The summed E-state index contributed by atoms with van der Waals surface area (Å²) < 4.78 is 73.5. The molecule has 0 saturated heterocycles. The van der Waals surface area contributed by atoms with E-state index in [0.717, 1.165) is 12.5 Å². The number of nitrogens with zero attached hydrogens (tertiary/aromatic N) is 4. The molecule has 20 heteroatoms. The van der Waals surface area contributed by atoms with Crippen LogP contribution in [0.4, 0.5) is 0 Å². The van der Waals surface area contributed by atoms with Crippen LogP contribution in [0.3, 0.4) is 0 Å². The van der Waals surface area contributed by atoms with Gasteiger partial charge >= 0.3 is 5.97 Å². The van der Waals surface area contributed by atoms with E-state index in [1.165, 1.54) is 53.0 Å². The van der Waals surface area contributed by atoms with Crippen molar-refractivity contribution < 1.29 is 60.0 Å². The molecule has 0 saturated carbocycles. The maximum absolute atomic E-state index is 11.9. The lowest BCUT2D eigenvalue weighted by molar-refractivity contribution is -0.107. The van der Waals surface area contributed by atoms with Gasteiger partial charge in [0.15, 0.2) is 28.2 Å². The number of methoxy groups -OCH3 is 4. The Morgan fingerprint density at radius 1 is 0.679 bits per heavy atom. The van der Waals surface area contributed by atoms with Crippen LogP contribution < -0.4 is 14.6 Å². The van der Waals surface area contributed by atoms with Gasteiger partial charge in [-0.15, -0.1) is 0 Å². The van der Waals surface area contributed by atoms with Gasteiger partial charge in [-0.25, -0.2) is 26.8 Å². The minimum absolute atomic E-state index is 0.129. The van der Waals surface area contributed by atoms with E-state index in [0.29, 0.717) is 34.0 Å². The molecule has 0 fully saturated rings. The average Bonchev–Trinajstić information content (AvgIpc) is 3.11. The van der Waals surface area contributed by atoms with Crippen molar-refractivity contribution >= 4 is 31.6 Å². The zero-order valence-corrected chi connectivity index (χ0v) is 31.4. The van der Waals surface area contributed by atoms with Crippen molar-refractivity contribution in [1.82, 2.24) is 19.9 Å². The standard InChI is InChI=1S/C17H20N2O6S.C15H16N2O5.CH5NO2S/c1-23-17(24-2)14-6-7-18-9-16(14)25-10-13-5-4-12(8-19-13)15(20)11-26(3,21)22;1-20-15(21-2)12-5-6-16-8-13(12)22-9-11-4-3-10(7-17-11)14(18)19;1-5(2,3)4/h4-9,17H,10-11H2,1-3H3;3-8,15H,9H2,1-2H3,(H,18,19);1H3,(H2,2,3,4). The molecular weight excluding hydrogens is 739 g/mol. The maximum atomic E-state index is 11.9. The molecule has 0 radical (unpaired) electrons. The SMILES string of the molecule is COC(OC)c1ccncc1OCc1ccc(C(=O)CS(C)(=O)=O)cn1.COC(OC)c1ccncc1OCc1ccc(C(=O)O)cn1.CS(N)(=O)=O. The summed E-state index contributed by atoms with van der Waals surface area (Å²) in [7, 11) is -0.441. The van der Waals surface area contributed by atoms with Crippen LogP contribution >= 0.6 is 0 Å². The number of hydrogen-bond donors (Lipinski definition) is 2. The first-order valence-electron chi connectivity index (χ1n) is 15.1. The number of ketones is 1. The lowest BCUT2D eigenvalue weighted by Crippen LogP contribution is -2.15. The van der Waals surface area contributed by atoms with Crippen LogP contribution in [0.15, 0.2) is 73.6 Å². The van der Waals surface area contributed by atoms with Gasteiger partial charge in [0.05, 0.1) is 46.7 Å². The number of ether oxygens (including phenoxy) is 6. The van der Waals surface area contributed by atoms with Crippen molar-refractivity contribution in [1.29, 1.82) is 0 Å². The number of carboxylic acid groups (broad SMARTS) is 1. The summed E-state index contributed by atoms with van der Waals surface area (Å²) in [5.74, 6) is -1.05. The molecule has 0 unspecified atom stereocenters. The number of sulfone groups is 1. The molecule has 18 nitrogen and oxygen atoms in total. The molecule has 288 valence electrons. The van der Waals surface area contributed by atoms with Gasteiger partial charge in [-0.2, -0.15) is 0 Å². The van der Waals surface area contributed by atoms with Crippen LogP contribution in [0.5, 0.6) is 11.5 Å². The third-order valence-electron chi connectivity index (χ3n) is 6.36. The van der Waals surface area contributed by atoms with Gasteiger partial charge in [0.1, 0.15) is 30.5 Å². The van der Waals surface area contributed by atoms with Gasteiger partial charge in [-0.1, -0.05) is 0 Å². The molecule has 4 aromatic heterocycles. The molecule has 0 aromatic carbocycles. The second-order valence-electron chi connectivity index (χ2n) is 10.7. The van der Waals surface area contributed by atoms with Crippen LogP contribution in [0.25, 0.3) is 0 Å². The predicted molar refractivity (Wildman–Crippen MR) is 189 cm³/mol. The molecule has 0 amide bonds. The lowest BCUT2D eigenvalue weighted by Gasteiger charge is -2.17. The topological polar surface area (TPSA) is 256 Å². The predicted octanol–water partition coefficient (Wildman–Crippen LogP) is 2.52. The van der Waals surface area contributed by atoms with Crippen LogP contribution in [-0.4, -0.2) is 100 Å². The number of carbonyl (C=O) groups excluding carboxylic acids is 1. The highest BCUT2D eigenvalue weighted by Gasteiger charge is 2.17. The Balaban J connectivity index is 0.000000329. The highest BCUT2D eigenvalue weighted by atomic mass is 32.2. The second-order valence-corrected chi connectivity index (χ2v) is 14.5. The van der Waals surface area contributed by atoms with E-state index in [4.69, 9.17) is 33.5 Å². The molecular formula is C33H41N5O13S2. The lowest BCUT2D eigenvalue weighted by atomic mass is 10.2. The van der Waals surface area contributed by atoms with E-state index in [1.807, 2.05) is 0 Å². The normalized spacial score (nSPS) is 11.2. The third-order valence-corrected chi connectivity index (χ3v) is 7.15. The fourth-order valence-electron chi connectivity index (χ4n) is 4.05. The summed E-state index contributed by atoms with van der Waals surface area (Å²) >= 11 is 0. The second kappa shape index (κ2) is 21.5. The zero-order chi connectivity index (χ0) is 39.6. The van der Waals surface area contributed by atoms with Gasteiger partial charge < -0.3 is 33.5 Å². The highest BCUT2D eigenvalue weighted by Crippen LogP contribution is 2.28. The summed E-state index contributed by atoms with van der Waals surface area (Å²) in [6.45, 7) is 0.318. The molecule has 4 heterocycles. The average molecular weight is 780 g/mol. The number of nitrogens with two attached hydrogens (primary N) is 1. The minimum atomic E-state index is -3.38. The summed E-state index contributed by atoms with van der Waals surface area (Å²) in [4.78, 5) is 38.8. The van der Waals surface area contributed by atoms with Crippen molar-refractivity contribution in [2.24, 2.45) is 5.14 Å². The van der Waals surface area contributed by atoms with Crippen molar-refractivity contribution in [3.8, 4) is 11.5 Å². The van der Waals surface area contributed by atoms with Gasteiger partial charge in [-0.3, -0.25) is 24.7 Å². The first-order chi connectivity index (χ1) is 25.0. The Morgan fingerprint density at radius 3 is 1.40 bits per heavy atom. The summed E-state index contributed by atoms with van der Waals surface area (Å²) in [5.41, 5.74) is 2.94. The molecule has 0 aliphatic rings. The molecule has 4 aromatic rings. The van der Waals surface area contributed by atoms with Crippen LogP contribution in [0, 0.1) is 0 Å². The fraction of sp³-hybridized carbons (Fsp3) is 0.333. The number of carbonyl (C=O) groups is 2. The molecule has 0 bridgehead atoms. The first kappa shape index (κ1) is 44.2. The smallest absolute Gasteiger partial charge is 0.337 e. The van der Waals surface area contributed by atoms with E-state index >= 15 is 0 Å². The number of aromatic nitrogens is 4. The quantitative estimate of drug-likeness (QED) is 0.122. The molecule has 0 atom stereocenters. The highest BCUT2D eigenvalue weighted by molar-refractivity contribution is 7.91. The molecule has 0 aliphatic heterocycles. The number of sulfonamides is 1. The minimum Gasteiger partial charge on any atom is -0.485 e. The zero-order valence-electron chi connectivity index (χ0n) is 29.7. The molecule has 0 spiro atoms. The van der Waals surface area contributed by atoms with Crippen molar-refractivity contribution in [2.45, 2.75) is 25.8 Å². The summed E-state index contributed by atoms with van der Waals surface area (Å²) in [5, 5.41) is 13.2. The number of aromatic carboxylic acids is 1. The van der Waals surface area contributed by atoms with Gasteiger partial charge in [0, 0.05) is 65.0 Å². The Hall–Kier alpha value is -4.96. The maximum Gasteiger partial charge on any atom is 0.337 e. The molecule has 0 aliphatic carbocycles. The van der Waals surface area contributed by atoms with Gasteiger partial charge in [0.25, 0.3) is 0 Å². The van der Waals surface area contributed by atoms with Gasteiger partial charge in [-0.05, 0) is 36.4 Å². The van der Waals surface area contributed by atoms with E-state index in [9.17, 15) is 26.4 Å². The van der Waals surface area contributed by atoms with E-state index in [-0.39, 0.29) is 24.3 Å². The number of pyridine rings is 4. The molecule has 4 rings (SSSR count). The van der Waals surface area contributed by atoms with E-state index in [1.54, 1.807) is 49.1 Å². The number of rotatable bonds is 16. The van der Waals surface area contributed by atoms with Crippen LogP contribution in [-0.2, 0) is 52.0 Å². The Bertz CT molecular complexity index is 1970. The number of Topliss-reactive ketones (excluding diaryl/α,β-unsaturated/α-hetero) is 1. The summed E-state index contributed by atoms with van der Waals surface area (Å²) in [6, 6.07) is 9.68. The van der Waals surface area contributed by atoms with Gasteiger partial charge in [0.2, 0.25) is 10.0 Å². The van der Waals surface area contributed by atoms with E-state index < -0.39 is 49.9 Å². The Kier molecular flexibility index (Phi) is 18.0. The molecule has 53 heavy (non-hydrogen) atoms. The van der Waals surface area contributed by atoms with E-state index in [2.05, 4.69) is 25.1 Å². The number of primary sulfonamides is 1. The van der Waals surface area contributed by atoms with Crippen LogP contribution in [0.2, 0.25) is 0 Å².